The Morgan fingerprint density at radius 3 is 3.06 bits per heavy atom. The molecule has 0 atom stereocenters. The lowest BCUT2D eigenvalue weighted by Crippen LogP contribution is -2.25. The van der Waals surface area contributed by atoms with Crippen LogP contribution in [0.4, 0.5) is 0 Å². The van der Waals surface area contributed by atoms with E-state index in [1.807, 2.05) is 6.20 Å². The first-order valence-electron chi connectivity index (χ1n) is 6.18. The molecule has 1 aromatic carbocycles. The van der Waals surface area contributed by atoms with Crippen molar-refractivity contribution in [3.05, 3.63) is 36.0 Å². The second kappa shape index (κ2) is 6.45. The van der Waals surface area contributed by atoms with Crippen LogP contribution in [0.3, 0.4) is 0 Å². The fourth-order valence-corrected chi connectivity index (χ4v) is 2.05. The molecule has 1 heterocycles. The molecule has 0 unspecified atom stereocenters. The number of H-pyrrole nitrogens is 1. The standard InChI is InChI=1S/C14H17ClN2O/c15-7-1-2-14(18)17-8-5-11-3-4-13-12(10-11)6-9-16-13/h3-4,6,9-10,16H,1-2,5,7-8H2,(H,17,18). The average molecular weight is 265 g/mol. The Labute approximate surface area is 112 Å². The van der Waals surface area contributed by atoms with Crippen molar-refractivity contribution in [2.45, 2.75) is 19.3 Å². The third kappa shape index (κ3) is 3.50. The molecule has 1 aromatic heterocycles. The van der Waals surface area contributed by atoms with Gasteiger partial charge in [0, 0.05) is 30.6 Å². The molecular weight excluding hydrogens is 248 g/mol. The van der Waals surface area contributed by atoms with Crippen molar-refractivity contribution in [3.63, 3.8) is 0 Å². The lowest BCUT2D eigenvalue weighted by Gasteiger charge is -2.05. The van der Waals surface area contributed by atoms with E-state index in [0.29, 0.717) is 18.8 Å². The van der Waals surface area contributed by atoms with Gasteiger partial charge in [0.2, 0.25) is 5.91 Å². The van der Waals surface area contributed by atoms with Crippen molar-refractivity contribution in [3.8, 4) is 0 Å². The van der Waals surface area contributed by atoms with Crippen LogP contribution < -0.4 is 5.32 Å². The summed E-state index contributed by atoms with van der Waals surface area (Å²) >= 11 is 5.54. The summed E-state index contributed by atoms with van der Waals surface area (Å²) in [6.07, 6.45) is 4.04. The Balaban J connectivity index is 1.81. The smallest absolute Gasteiger partial charge is 0.220 e. The first kappa shape index (κ1) is 13.0. The van der Waals surface area contributed by atoms with E-state index in [1.165, 1.54) is 10.9 Å². The van der Waals surface area contributed by atoms with Crippen LogP contribution in [0.15, 0.2) is 30.5 Å². The first-order valence-corrected chi connectivity index (χ1v) is 6.72. The maximum absolute atomic E-state index is 11.4. The van der Waals surface area contributed by atoms with Gasteiger partial charge in [0.15, 0.2) is 0 Å². The van der Waals surface area contributed by atoms with Crippen LogP contribution in [-0.2, 0) is 11.2 Å². The summed E-state index contributed by atoms with van der Waals surface area (Å²) in [4.78, 5) is 14.6. The molecule has 96 valence electrons. The minimum Gasteiger partial charge on any atom is -0.361 e. The quantitative estimate of drug-likeness (QED) is 0.775. The van der Waals surface area contributed by atoms with Crippen LogP contribution in [-0.4, -0.2) is 23.3 Å². The normalized spacial score (nSPS) is 10.7. The SMILES string of the molecule is O=C(CCCCl)NCCc1ccc2[nH]ccc2c1. The van der Waals surface area contributed by atoms with Gasteiger partial charge in [0.1, 0.15) is 0 Å². The summed E-state index contributed by atoms with van der Waals surface area (Å²) in [6.45, 7) is 0.678. The Morgan fingerprint density at radius 2 is 2.22 bits per heavy atom. The molecule has 0 aliphatic heterocycles. The number of carbonyl (C=O) groups is 1. The highest BCUT2D eigenvalue weighted by molar-refractivity contribution is 6.17. The second-order valence-corrected chi connectivity index (χ2v) is 4.67. The van der Waals surface area contributed by atoms with Crippen LogP contribution in [0.25, 0.3) is 10.9 Å². The van der Waals surface area contributed by atoms with Gasteiger partial charge < -0.3 is 10.3 Å². The lowest BCUT2D eigenvalue weighted by atomic mass is 10.1. The molecule has 3 nitrogen and oxygen atoms in total. The van der Waals surface area contributed by atoms with Crippen molar-refractivity contribution < 1.29 is 4.79 Å². The van der Waals surface area contributed by atoms with E-state index >= 15 is 0 Å². The predicted octanol–water partition coefficient (Wildman–Crippen LogP) is 2.85. The van der Waals surface area contributed by atoms with E-state index in [4.69, 9.17) is 11.6 Å². The number of carbonyl (C=O) groups excluding carboxylic acids is 1. The highest BCUT2D eigenvalue weighted by Crippen LogP contribution is 2.14. The van der Waals surface area contributed by atoms with Gasteiger partial charge in [-0.2, -0.15) is 0 Å². The molecule has 4 heteroatoms. The number of halogens is 1. The molecule has 1 amide bonds. The maximum atomic E-state index is 11.4. The van der Waals surface area contributed by atoms with Crippen LogP contribution in [0.1, 0.15) is 18.4 Å². The molecule has 18 heavy (non-hydrogen) atoms. The number of fused-ring (bicyclic) bond motifs is 1. The second-order valence-electron chi connectivity index (χ2n) is 4.29. The molecule has 0 saturated heterocycles. The molecule has 0 saturated carbocycles. The molecule has 2 N–H and O–H groups in total. The number of aromatic amines is 1. The molecule has 0 fully saturated rings. The third-order valence-corrected chi connectivity index (χ3v) is 3.16. The summed E-state index contributed by atoms with van der Waals surface area (Å²) in [6, 6.07) is 8.36. The van der Waals surface area contributed by atoms with Crippen LogP contribution in [0.5, 0.6) is 0 Å². The number of aromatic nitrogens is 1. The number of nitrogens with one attached hydrogen (secondary N) is 2. The average Bonchev–Trinajstić information content (AvgIpc) is 2.83. The van der Waals surface area contributed by atoms with Gasteiger partial charge in [-0.3, -0.25) is 4.79 Å². The molecular formula is C14H17ClN2O. The van der Waals surface area contributed by atoms with Gasteiger partial charge in [-0.25, -0.2) is 0 Å². The highest BCUT2D eigenvalue weighted by Gasteiger charge is 2.01. The predicted molar refractivity (Wildman–Crippen MR) is 75.0 cm³/mol. The fourth-order valence-electron chi connectivity index (χ4n) is 1.92. The minimum absolute atomic E-state index is 0.0818. The largest absolute Gasteiger partial charge is 0.361 e. The molecule has 0 aliphatic carbocycles. The van der Waals surface area contributed by atoms with E-state index in [0.717, 1.165) is 18.4 Å². The minimum atomic E-state index is 0.0818. The van der Waals surface area contributed by atoms with E-state index in [9.17, 15) is 4.79 Å². The first-order chi connectivity index (χ1) is 8.79. The van der Waals surface area contributed by atoms with E-state index in [-0.39, 0.29) is 5.91 Å². The van der Waals surface area contributed by atoms with Crippen molar-refractivity contribution in [1.82, 2.24) is 10.3 Å². The van der Waals surface area contributed by atoms with E-state index in [2.05, 4.69) is 34.6 Å². The zero-order chi connectivity index (χ0) is 12.8. The Morgan fingerprint density at radius 1 is 1.33 bits per heavy atom. The van der Waals surface area contributed by atoms with Crippen molar-refractivity contribution in [2.24, 2.45) is 0 Å². The van der Waals surface area contributed by atoms with E-state index < -0.39 is 0 Å². The van der Waals surface area contributed by atoms with Gasteiger partial charge in [0.05, 0.1) is 0 Å². The number of amides is 1. The summed E-state index contributed by atoms with van der Waals surface area (Å²) in [5, 5.41) is 4.11. The van der Waals surface area contributed by atoms with E-state index in [1.54, 1.807) is 0 Å². The van der Waals surface area contributed by atoms with Gasteiger partial charge in [-0.05, 0) is 42.0 Å². The summed E-state index contributed by atoms with van der Waals surface area (Å²) < 4.78 is 0. The van der Waals surface area contributed by atoms with Crippen molar-refractivity contribution in [1.29, 1.82) is 0 Å². The zero-order valence-electron chi connectivity index (χ0n) is 10.2. The summed E-state index contributed by atoms with van der Waals surface area (Å²) in [5.41, 5.74) is 2.38. The van der Waals surface area contributed by atoms with Gasteiger partial charge >= 0.3 is 0 Å². The molecule has 2 aromatic rings. The van der Waals surface area contributed by atoms with Gasteiger partial charge in [0.25, 0.3) is 0 Å². The monoisotopic (exact) mass is 264 g/mol. The summed E-state index contributed by atoms with van der Waals surface area (Å²) in [5.74, 6) is 0.621. The number of benzene rings is 1. The topological polar surface area (TPSA) is 44.9 Å². The molecule has 0 bridgehead atoms. The van der Waals surface area contributed by atoms with Gasteiger partial charge in [-0.15, -0.1) is 11.6 Å². The molecule has 2 rings (SSSR count). The number of hydrogen-bond acceptors (Lipinski definition) is 1. The third-order valence-electron chi connectivity index (χ3n) is 2.89. The number of alkyl halides is 1. The Kier molecular flexibility index (Phi) is 4.65. The lowest BCUT2D eigenvalue weighted by molar-refractivity contribution is -0.121. The number of hydrogen-bond donors (Lipinski definition) is 2. The van der Waals surface area contributed by atoms with Crippen LogP contribution in [0, 0.1) is 0 Å². The van der Waals surface area contributed by atoms with Crippen molar-refractivity contribution in [2.75, 3.05) is 12.4 Å². The molecule has 0 spiro atoms. The summed E-state index contributed by atoms with van der Waals surface area (Å²) in [7, 11) is 0. The molecule has 0 radical (unpaired) electrons. The maximum Gasteiger partial charge on any atom is 0.220 e. The molecule has 0 aliphatic rings. The van der Waals surface area contributed by atoms with Gasteiger partial charge in [-0.1, -0.05) is 6.07 Å². The Hall–Kier alpha value is -1.48. The zero-order valence-corrected chi connectivity index (χ0v) is 11.0. The van der Waals surface area contributed by atoms with Crippen LogP contribution in [0.2, 0.25) is 0 Å². The number of rotatable bonds is 6. The Bertz CT molecular complexity index is 521. The van der Waals surface area contributed by atoms with Crippen LogP contribution >= 0.6 is 11.6 Å². The van der Waals surface area contributed by atoms with Crippen molar-refractivity contribution >= 4 is 28.4 Å². The highest BCUT2D eigenvalue weighted by atomic mass is 35.5. The fraction of sp³-hybridized carbons (Fsp3) is 0.357.